The number of rotatable bonds is 5. The molecule has 1 heterocycles. The van der Waals surface area contributed by atoms with E-state index in [2.05, 4.69) is 16.0 Å². The van der Waals surface area contributed by atoms with Gasteiger partial charge in [0.1, 0.15) is 11.3 Å². The second kappa shape index (κ2) is 7.05. The highest BCUT2D eigenvalue weighted by atomic mass is 35.5. The summed E-state index contributed by atoms with van der Waals surface area (Å²) in [5.41, 5.74) is -0.164. The van der Waals surface area contributed by atoms with Crippen LogP contribution < -0.4 is 20.7 Å². The summed E-state index contributed by atoms with van der Waals surface area (Å²) in [5, 5.41) is 7.88. The van der Waals surface area contributed by atoms with Crippen molar-refractivity contribution in [2.45, 2.75) is 12.5 Å². The third-order valence-electron chi connectivity index (χ3n) is 3.96. The Morgan fingerprint density at radius 3 is 2.65 bits per heavy atom. The van der Waals surface area contributed by atoms with Crippen molar-refractivity contribution in [2.24, 2.45) is 0 Å². The van der Waals surface area contributed by atoms with Gasteiger partial charge in [-0.3, -0.25) is 14.9 Å². The Morgan fingerprint density at radius 1 is 1.19 bits per heavy atom. The summed E-state index contributed by atoms with van der Waals surface area (Å²) in [7, 11) is 0. The zero-order valence-corrected chi connectivity index (χ0v) is 14.6. The van der Waals surface area contributed by atoms with E-state index in [0.29, 0.717) is 22.0 Å². The minimum atomic E-state index is -1.19. The summed E-state index contributed by atoms with van der Waals surface area (Å²) < 4.78 is 5.39. The number of para-hydroxylation sites is 1. The SMILES string of the molecule is CC1(c2cccc(NC(=O)COc3ccccc3Cl)c2)NC(=O)NC1=O. The first-order valence-electron chi connectivity index (χ1n) is 7.80. The Hall–Kier alpha value is -3.06. The molecule has 8 heteroatoms. The van der Waals surface area contributed by atoms with Crippen molar-refractivity contribution >= 4 is 35.1 Å². The summed E-state index contributed by atoms with van der Waals surface area (Å²) in [5.74, 6) is -0.420. The molecule has 1 unspecified atom stereocenters. The van der Waals surface area contributed by atoms with Crippen LogP contribution in [0.4, 0.5) is 10.5 Å². The van der Waals surface area contributed by atoms with Crippen molar-refractivity contribution in [3.05, 3.63) is 59.1 Å². The van der Waals surface area contributed by atoms with Crippen LogP contribution in [0, 0.1) is 0 Å². The fraction of sp³-hybridized carbons (Fsp3) is 0.167. The molecule has 0 radical (unpaired) electrons. The van der Waals surface area contributed by atoms with E-state index in [1.54, 1.807) is 55.5 Å². The number of urea groups is 1. The van der Waals surface area contributed by atoms with Crippen LogP contribution in [-0.4, -0.2) is 24.5 Å². The van der Waals surface area contributed by atoms with Gasteiger partial charge in [-0.05, 0) is 36.8 Å². The van der Waals surface area contributed by atoms with E-state index in [4.69, 9.17) is 16.3 Å². The predicted octanol–water partition coefficient (Wildman–Crippen LogP) is 2.41. The molecule has 3 N–H and O–H groups in total. The maximum atomic E-state index is 12.1. The van der Waals surface area contributed by atoms with Crippen molar-refractivity contribution in [1.29, 1.82) is 0 Å². The zero-order valence-electron chi connectivity index (χ0n) is 13.8. The van der Waals surface area contributed by atoms with Crippen molar-refractivity contribution in [3.63, 3.8) is 0 Å². The number of carbonyl (C=O) groups is 3. The lowest BCUT2D eigenvalue weighted by Crippen LogP contribution is -2.40. The van der Waals surface area contributed by atoms with Crippen LogP contribution in [-0.2, 0) is 15.1 Å². The molecule has 3 rings (SSSR count). The highest BCUT2D eigenvalue weighted by Crippen LogP contribution is 2.27. The normalized spacial score (nSPS) is 18.8. The zero-order chi connectivity index (χ0) is 18.7. The number of imide groups is 1. The molecule has 26 heavy (non-hydrogen) atoms. The van der Waals surface area contributed by atoms with Crippen molar-refractivity contribution < 1.29 is 19.1 Å². The van der Waals surface area contributed by atoms with E-state index in [0.717, 1.165) is 0 Å². The maximum Gasteiger partial charge on any atom is 0.322 e. The summed E-state index contributed by atoms with van der Waals surface area (Å²) in [6.45, 7) is 1.37. The molecule has 134 valence electrons. The van der Waals surface area contributed by atoms with E-state index < -0.39 is 17.5 Å². The van der Waals surface area contributed by atoms with Crippen molar-refractivity contribution in [2.75, 3.05) is 11.9 Å². The number of ether oxygens (including phenoxy) is 1. The van der Waals surface area contributed by atoms with Gasteiger partial charge >= 0.3 is 6.03 Å². The van der Waals surface area contributed by atoms with Crippen LogP contribution >= 0.6 is 11.6 Å². The molecule has 1 aliphatic heterocycles. The van der Waals surface area contributed by atoms with Crippen LogP contribution in [0.2, 0.25) is 5.02 Å². The molecule has 0 spiro atoms. The third kappa shape index (κ3) is 3.62. The van der Waals surface area contributed by atoms with Crippen LogP contribution in [0.5, 0.6) is 5.75 Å². The Labute approximate surface area is 154 Å². The maximum absolute atomic E-state index is 12.1. The number of hydrogen-bond donors (Lipinski definition) is 3. The molecular formula is C18H16ClN3O4. The van der Waals surface area contributed by atoms with Crippen LogP contribution in [0.25, 0.3) is 0 Å². The van der Waals surface area contributed by atoms with Crippen molar-refractivity contribution in [1.82, 2.24) is 10.6 Å². The van der Waals surface area contributed by atoms with Gasteiger partial charge in [0.15, 0.2) is 6.61 Å². The van der Waals surface area contributed by atoms with Gasteiger partial charge in [0.25, 0.3) is 11.8 Å². The lowest BCUT2D eigenvalue weighted by Gasteiger charge is -2.21. The van der Waals surface area contributed by atoms with Crippen LogP contribution in [0.3, 0.4) is 0 Å². The Kier molecular flexibility index (Phi) is 4.81. The number of carbonyl (C=O) groups excluding carboxylic acids is 3. The van der Waals surface area contributed by atoms with Gasteiger partial charge in [0.2, 0.25) is 0 Å². The lowest BCUT2D eigenvalue weighted by atomic mass is 9.92. The summed E-state index contributed by atoms with van der Waals surface area (Å²) in [6, 6.07) is 13.0. The van der Waals surface area contributed by atoms with Crippen molar-refractivity contribution in [3.8, 4) is 5.75 Å². The van der Waals surface area contributed by atoms with Gasteiger partial charge in [0, 0.05) is 5.69 Å². The molecular weight excluding hydrogens is 358 g/mol. The molecule has 0 aliphatic carbocycles. The largest absolute Gasteiger partial charge is 0.482 e. The minimum Gasteiger partial charge on any atom is -0.482 e. The molecule has 0 aromatic heterocycles. The number of amides is 4. The van der Waals surface area contributed by atoms with Crippen LogP contribution in [0.15, 0.2) is 48.5 Å². The van der Waals surface area contributed by atoms with Gasteiger partial charge in [-0.2, -0.15) is 0 Å². The third-order valence-corrected chi connectivity index (χ3v) is 4.28. The first-order chi connectivity index (χ1) is 12.4. The number of hydrogen-bond acceptors (Lipinski definition) is 4. The summed E-state index contributed by atoms with van der Waals surface area (Å²) in [6.07, 6.45) is 0. The molecule has 1 fully saturated rings. The molecule has 1 atom stereocenters. The average molecular weight is 374 g/mol. The van der Waals surface area contributed by atoms with E-state index >= 15 is 0 Å². The number of halogens is 1. The Bertz CT molecular complexity index is 886. The lowest BCUT2D eigenvalue weighted by molar-refractivity contribution is -0.123. The van der Waals surface area contributed by atoms with E-state index in [1.807, 2.05) is 0 Å². The second-order valence-corrected chi connectivity index (χ2v) is 6.29. The quantitative estimate of drug-likeness (QED) is 0.701. The molecule has 0 bridgehead atoms. The fourth-order valence-electron chi connectivity index (χ4n) is 2.56. The highest BCUT2D eigenvalue weighted by molar-refractivity contribution is 6.32. The van der Waals surface area contributed by atoms with Gasteiger partial charge in [0.05, 0.1) is 5.02 Å². The van der Waals surface area contributed by atoms with E-state index in [1.165, 1.54) is 0 Å². The molecule has 0 saturated carbocycles. The number of benzene rings is 2. The highest BCUT2D eigenvalue weighted by Gasteiger charge is 2.43. The monoisotopic (exact) mass is 373 g/mol. The fourth-order valence-corrected chi connectivity index (χ4v) is 2.75. The minimum absolute atomic E-state index is 0.220. The van der Waals surface area contributed by atoms with Gasteiger partial charge in [-0.1, -0.05) is 35.9 Å². The first-order valence-corrected chi connectivity index (χ1v) is 8.17. The Balaban J connectivity index is 1.67. The first kappa shape index (κ1) is 17.8. The standard InChI is InChI=1S/C18H16ClN3O4/c1-18(16(24)21-17(25)22-18)11-5-4-6-12(9-11)20-15(23)10-26-14-8-3-2-7-13(14)19/h2-9H,10H2,1H3,(H,20,23)(H2,21,22,24,25). The molecule has 2 aromatic carbocycles. The number of nitrogens with one attached hydrogen (secondary N) is 3. The predicted molar refractivity (Wildman–Crippen MR) is 96.0 cm³/mol. The van der Waals surface area contributed by atoms with Crippen LogP contribution in [0.1, 0.15) is 12.5 Å². The van der Waals surface area contributed by atoms with E-state index in [-0.39, 0.29) is 12.5 Å². The summed E-state index contributed by atoms with van der Waals surface area (Å²) >= 11 is 5.97. The Morgan fingerprint density at radius 2 is 1.96 bits per heavy atom. The summed E-state index contributed by atoms with van der Waals surface area (Å²) in [4.78, 5) is 35.5. The second-order valence-electron chi connectivity index (χ2n) is 5.88. The smallest absolute Gasteiger partial charge is 0.322 e. The molecule has 7 nitrogen and oxygen atoms in total. The molecule has 2 aromatic rings. The van der Waals surface area contributed by atoms with Gasteiger partial charge in [-0.15, -0.1) is 0 Å². The van der Waals surface area contributed by atoms with Gasteiger partial charge in [-0.25, -0.2) is 4.79 Å². The topological polar surface area (TPSA) is 96.5 Å². The number of anilines is 1. The van der Waals surface area contributed by atoms with Gasteiger partial charge < -0.3 is 15.4 Å². The average Bonchev–Trinajstić information content (AvgIpc) is 2.87. The van der Waals surface area contributed by atoms with E-state index in [9.17, 15) is 14.4 Å². The molecule has 1 saturated heterocycles. The molecule has 1 aliphatic rings. The molecule has 4 amide bonds.